The van der Waals surface area contributed by atoms with Crippen molar-refractivity contribution in [2.24, 2.45) is 4.99 Å². The minimum absolute atomic E-state index is 0.208. The van der Waals surface area contributed by atoms with Crippen LogP contribution in [0.2, 0.25) is 0 Å². The number of hydrogen-bond donors (Lipinski definition) is 0. The highest BCUT2D eigenvalue weighted by atomic mass is 19.4. The van der Waals surface area contributed by atoms with Gasteiger partial charge in [-0.25, -0.2) is 0 Å². The molecule has 0 unspecified atom stereocenters. The van der Waals surface area contributed by atoms with Crippen molar-refractivity contribution < 1.29 is 13.2 Å². The van der Waals surface area contributed by atoms with Gasteiger partial charge in [-0.1, -0.05) is 57.2 Å². The number of alkyl halides is 3. The highest BCUT2D eigenvalue weighted by Gasteiger charge is 2.33. The summed E-state index contributed by atoms with van der Waals surface area (Å²) in [4.78, 5) is 4.51. The van der Waals surface area contributed by atoms with Gasteiger partial charge in [-0.05, 0) is 61.6 Å². The molecule has 28 heavy (non-hydrogen) atoms. The molecule has 0 aliphatic carbocycles. The second-order valence-electron chi connectivity index (χ2n) is 6.42. The van der Waals surface area contributed by atoms with Crippen LogP contribution in [-0.2, 0) is 6.18 Å². The molecule has 0 fully saturated rings. The van der Waals surface area contributed by atoms with E-state index in [2.05, 4.69) is 11.1 Å². The van der Waals surface area contributed by atoms with Gasteiger partial charge in [0.25, 0.3) is 0 Å². The van der Waals surface area contributed by atoms with E-state index in [0.29, 0.717) is 17.8 Å². The second kappa shape index (κ2) is 10.8. The maximum absolute atomic E-state index is 13.2. The number of rotatable bonds is 5. The Kier molecular flexibility index (Phi) is 9.17. The monoisotopic (exact) mass is 389 g/mol. The summed E-state index contributed by atoms with van der Waals surface area (Å²) in [5, 5.41) is 0. The van der Waals surface area contributed by atoms with E-state index in [1.54, 1.807) is 6.07 Å². The molecule has 2 rings (SSSR count). The molecule has 0 atom stereocenters. The zero-order chi connectivity index (χ0) is 21.3. The van der Waals surface area contributed by atoms with Gasteiger partial charge in [-0.2, -0.15) is 13.2 Å². The van der Waals surface area contributed by atoms with Crippen molar-refractivity contribution in [1.29, 1.82) is 0 Å². The molecule has 0 radical (unpaired) electrons. The summed E-state index contributed by atoms with van der Waals surface area (Å²) in [6, 6.07) is 10.3. The first kappa shape index (κ1) is 23.7. The predicted molar refractivity (Wildman–Crippen MR) is 114 cm³/mol. The third-order valence-electron chi connectivity index (χ3n) is 4.39. The van der Waals surface area contributed by atoms with Crippen molar-refractivity contribution in [2.75, 3.05) is 6.54 Å². The number of halogens is 3. The van der Waals surface area contributed by atoms with E-state index in [0.717, 1.165) is 18.1 Å². The fraction of sp³-hybridized carbons (Fsp3) is 0.375. The van der Waals surface area contributed by atoms with E-state index in [9.17, 15) is 13.2 Å². The minimum Gasteiger partial charge on any atom is -0.285 e. The summed E-state index contributed by atoms with van der Waals surface area (Å²) in [7, 11) is 0. The molecule has 0 heterocycles. The highest BCUT2D eigenvalue weighted by molar-refractivity contribution is 6.11. The lowest BCUT2D eigenvalue weighted by atomic mass is 9.97. The number of aryl methyl sites for hydroxylation is 2. The van der Waals surface area contributed by atoms with Gasteiger partial charge in [0.05, 0.1) is 11.3 Å². The normalized spacial score (nSPS) is 12.1. The Bertz CT molecular complexity index is 830. The lowest BCUT2D eigenvalue weighted by Gasteiger charge is -2.14. The molecule has 0 bridgehead atoms. The molecular formula is C24H30F3N. The molecule has 0 amide bonds. The first-order valence-corrected chi connectivity index (χ1v) is 9.71. The largest absolute Gasteiger partial charge is 0.416 e. The summed E-state index contributed by atoms with van der Waals surface area (Å²) in [6.07, 6.45) is 0.176. The van der Waals surface area contributed by atoms with Gasteiger partial charge in [-0.3, -0.25) is 4.99 Å². The van der Waals surface area contributed by atoms with Crippen LogP contribution in [0.25, 0.3) is 6.08 Å². The van der Waals surface area contributed by atoms with Crippen LogP contribution >= 0.6 is 0 Å². The smallest absolute Gasteiger partial charge is 0.285 e. The maximum atomic E-state index is 13.2. The average Bonchev–Trinajstić information content (AvgIpc) is 2.66. The number of benzene rings is 2. The Hall–Kier alpha value is -2.36. The van der Waals surface area contributed by atoms with Crippen molar-refractivity contribution in [3.63, 3.8) is 0 Å². The second-order valence-corrected chi connectivity index (χ2v) is 6.42. The van der Waals surface area contributed by atoms with Gasteiger partial charge in [0.2, 0.25) is 0 Å². The Morgan fingerprint density at radius 2 is 1.68 bits per heavy atom. The van der Waals surface area contributed by atoms with Gasteiger partial charge in [0.15, 0.2) is 0 Å². The van der Waals surface area contributed by atoms with Gasteiger partial charge < -0.3 is 0 Å². The van der Waals surface area contributed by atoms with Crippen molar-refractivity contribution in [3.8, 4) is 0 Å². The van der Waals surface area contributed by atoms with Gasteiger partial charge in [0.1, 0.15) is 0 Å². The Balaban J connectivity index is 0.00000190. The summed E-state index contributed by atoms with van der Waals surface area (Å²) >= 11 is 0. The van der Waals surface area contributed by atoms with Crippen molar-refractivity contribution in [2.45, 2.75) is 54.1 Å². The third-order valence-corrected chi connectivity index (χ3v) is 4.39. The Labute approximate surface area is 167 Å². The molecule has 0 saturated carbocycles. The molecule has 0 aromatic heterocycles. The molecule has 2 aromatic rings. The maximum Gasteiger partial charge on any atom is 0.416 e. The van der Waals surface area contributed by atoms with Crippen LogP contribution in [0.5, 0.6) is 0 Å². The Morgan fingerprint density at radius 1 is 1.00 bits per heavy atom. The molecule has 0 aliphatic rings. The van der Waals surface area contributed by atoms with E-state index in [-0.39, 0.29) is 5.56 Å². The molecule has 1 nitrogen and oxygen atoms in total. The summed E-state index contributed by atoms with van der Waals surface area (Å²) in [5.74, 6) is 0. The van der Waals surface area contributed by atoms with Crippen LogP contribution in [0.4, 0.5) is 13.2 Å². The predicted octanol–water partition coefficient (Wildman–Crippen LogP) is 7.57. The third kappa shape index (κ3) is 6.36. The van der Waals surface area contributed by atoms with Crippen LogP contribution in [0.15, 0.2) is 47.5 Å². The Morgan fingerprint density at radius 3 is 2.25 bits per heavy atom. The fourth-order valence-corrected chi connectivity index (χ4v) is 2.72. The van der Waals surface area contributed by atoms with E-state index < -0.39 is 11.7 Å². The highest BCUT2D eigenvalue weighted by Crippen LogP contribution is 2.33. The van der Waals surface area contributed by atoms with Crippen LogP contribution in [0.1, 0.15) is 60.6 Å². The van der Waals surface area contributed by atoms with E-state index in [1.807, 2.05) is 58.9 Å². The van der Waals surface area contributed by atoms with E-state index in [4.69, 9.17) is 0 Å². The molecule has 152 valence electrons. The van der Waals surface area contributed by atoms with Crippen molar-refractivity contribution in [1.82, 2.24) is 0 Å². The van der Waals surface area contributed by atoms with E-state index >= 15 is 0 Å². The van der Waals surface area contributed by atoms with Crippen LogP contribution in [0.3, 0.4) is 0 Å². The first-order valence-electron chi connectivity index (χ1n) is 9.71. The quantitative estimate of drug-likeness (QED) is 0.468. The minimum atomic E-state index is -4.37. The molecule has 4 heteroatoms. The van der Waals surface area contributed by atoms with Crippen LogP contribution in [0, 0.1) is 20.8 Å². The molecule has 0 aliphatic heterocycles. The van der Waals surface area contributed by atoms with E-state index in [1.165, 1.54) is 24.1 Å². The number of aliphatic imine (C=N–C) groups is 1. The van der Waals surface area contributed by atoms with Crippen molar-refractivity contribution >= 4 is 11.8 Å². The van der Waals surface area contributed by atoms with Gasteiger partial charge in [0, 0.05) is 12.1 Å². The topological polar surface area (TPSA) is 12.4 Å². The lowest BCUT2D eigenvalue weighted by molar-refractivity contribution is -0.138. The molecule has 0 N–H and O–H groups in total. The summed E-state index contributed by atoms with van der Waals surface area (Å²) in [5.41, 5.74) is 4.08. The zero-order valence-electron chi connectivity index (χ0n) is 17.6. The van der Waals surface area contributed by atoms with Gasteiger partial charge >= 0.3 is 6.18 Å². The van der Waals surface area contributed by atoms with Crippen LogP contribution in [-0.4, -0.2) is 12.3 Å². The molecular weight excluding hydrogens is 359 g/mol. The molecule has 2 aromatic carbocycles. The number of nitrogens with zero attached hydrogens (tertiary/aromatic N) is 1. The zero-order valence-corrected chi connectivity index (χ0v) is 17.6. The fourth-order valence-electron chi connectivity index (χ4n) is 2.72. The molecule has 0 saturated heterocycles. The van der Waals surface area contributed by atoms with Crippen LogP contribution < -0.4 is 0 Å². The molecule has 0 spiro atoms. The lowest BCUT2D eigenvalue weighted by Crippen LogP contribution is -2.11. The summed E-state index contributed by atoms with van der Waals surface area (Å²) < 4.78 is 39.7. The number of allylic oxidation sites excluding steroid dienone is 1. The average molecular weight is 390 g/mol. The summed E-state index contributed by atoms with van der Waals surface area (Å²) in [6.45, 7) is 12.2. The van der Waals surface area contributed by atoms with Crippen molar-refractivity contribution in [3.05, 3.63) is 75.9 Å². The SMILES string of the molecule is CC.CCCN=C(/C=C/c1ccc(C)c(C)c1)c1cccc(C(F)(F)F)c1C. The van der Waals surface area contributed by atoms with Gasteiger partial charge in [-0.15, -0.1) is 0 Å². The number of hydrogen-bond acceptors (Lipinski definition) is 1. The standard InChI is InChI=1S/C22H24F3N.C2H6/c1-5-13-26-21(12-11-18-10-9-15(2)16(3)14-18)19-7-6-8-20(17(19)4)22(23,24)25;1-2/h6-12,14H,5,13H2,1-4H3;1-2H3/b12-11+,26-21?;. The first-order chi connectivity index (χ1) is 13.2.